The van der Waals surface area contributed by atoms with E-state index in [1.807, 2.05) is 0 Å². The van der Waals surface area contributed by atoms with Gasteiger partial charge in [-0.3, -0.25) is 14.9 Å². The molecule has 1 aromatic heterocycles. The van der Waals surface area contributed by atoms with E-state index >= 15 is 0 Å². The minimum absolute atomic E-state index is 0.504. The van der Waals surface area contributed by atoms with E-state index in [9.17, 15) is 18.4 Å². The third-order valence-corrected chi connectivity index (χ3v) is 3.52. The monoisotopic (exact) mass is 334 g/mol. The lowest BCUT2D eigenvalue weighted by molar-refractivity contribution is 0.0914. The molecule has 0 bridgehead atoms. The number of nitrogens with zero attached hydrogens (tertiary/aromatic N) is 1. The van der Waals surface area contributed by atoms with Crippen molar-refractivity contribution < 1.29 is 27.6 Å². The number of rotatable bonds is 2. The van der Waals surface area contributed by atoms with Crippen molar-refractivity contribution in [2.24, 2.45) is 5.16 Å². The van der Waals surface area contributed by atoms with Crippen molar-refractivity contribution in [3.8, 4) is 0 Å². The number of carbonyl (C=O) groups excluding carboxylic acids is 2. The number of fused-ring (bicyclic) bond motifs is 1. The number of aryl methyl sites for hydroxylation is 1. The molecule has 1 N–H and O–H groups in total. The highest BCUT2D eigenvalue weighted by atomic mass is 19.1. The molecule has 6 nitrogen and oxygen atoms in total. The molecule has 0 radical (unpaired) electrons. The largest absolute Gasteiger partial charge is 0.469 e. The van der Waals surface area contributed by atoms with Crippen molar-refractivity contribution in [2.45, 2.75) is 19.3 Å². The van der Waals surface area contributed by atoms with Crippen LogP contribution in [0.1, 0.15) is 34.5 Å². The van der Waals surface area contributed by atoms with Crippen LogP contribution in [0.25, 0.3) is 0 Å². The summed E-state index contributed by atoms with van der Waals surface area (Å²) in [6.45, 7) is 0. The fraction of sp³-hybridized carbons (Fsp3) is 0.188. The fourth-order valence-corrected chi connectivity index (χ4v) is 2.43. The molecule has 24 heavy (non-hydrogen) atoms. The first-order valence-corrected chi connectivity index (χ1v) is 7.16. The highest BCUT2D eigenvalue weighted by molar-refractivity contribution is 6.04. The van der Waals surface area contributed by atoms with Crippen molar-refractivity contribution >= 4 is 17.7 Å². The van der Waals surface area contributed by atoms with Gasteiger partial charge in [0.1, 0.15) is 23.0 Å². The fourth-order valence-electron chi connectivity index (χ4n) is 2.43. The summed E-state index contributed by atoms with van der Waals surface area (Å²) in [4.78, 5) is 28.0. The molecule has 124 valence electrons. The summed E-state index contributed by atoms with van der Waals surface area (Å²) in [5.74, 6) is -2.67. The van der Waals surface area contributed by atoms with E-state index in [0.29, 0.717) is 12.1 Å². The van der Waals surface area contributed by atoms with Crippen molar-refractivity contribution in [3.05, 3.63) is 59.1 Å². The summed E-state index contributed by atoms with van der Waals surface area (Å²) < 4.78 is 32.2. The molecule has 2 amide bonds. The quantitative estimate of drug-likeness (QED) is 0.676. The van der Waals surface area contributed by atoms with E-state index in [0.717, 1.165) is 42.4 Å². The zero-order valence-corrected chi connectivity index (χ0v) is 12.3. The summed E-state index contributed by atoms with van der Waals surface area (Å²) in [5.41, 5.74) is 0.377. The molecular formula is C16H12F2N2O4. The molecule has 2 aromatic rings. The maximum absolute atomic E-state index is 13.5. The molecular weight excluding hydrogens is 322 g/mol. The van der Waals surface area contributed by atoms with Crippen LogP contribution in [-0.2, 0) is 11.3 Å². The van der Waals surface area contributed by atoms with Crippen LogP contribution in [0.15, 0.2) is 40.1 Å². The molecule has 1 heterocycles. The van der Waals surface area contributed by atoms with Gasteiger partial charge in [-0.2, -0.15) is 0 Å². The van der Waals surface area contributed by atoms with Gasteiger partial charge in [0.2, 0.25) is 0 Å². The SMILES string of the molecule is O=C(NC(=O)c1c(F)cccc1F)O/N=C1/CCCc2occc21. The van der Waals surface area contributed by atoms with Crippen LogP contribution in [-0.4, -0.2) is 17.7 Å². The van der Waals surface area contributed by atoms with Crippen LogP contribution >= 0.6 is 0 Å². The zero-order chi connectivity index (χ0) is 17.1. The van der Waals surface area contributed by atoms with Crippen LogP contribution in [0, 0.1) is 11.6 Å². The van der Waals surface area contributed by atoms with E-state index in [1.54, 1.807) is 11.4 Å². The second kappa shape index (κ2) is 6.61. The molecule has 0 aliphatic heterocycles. The Balaban J connectivity index is 1.67. The maximum atomic E-state index is 13.5. The molecule has 0 fully saturated rings. The molecule has 0 unspecified atom stereocenters. The van der Waals surface area contributed by atoms with Crippen LogP contribution in [0.2, 0.25) is 0 Å². The average molecular weight is 334 g/mol. The van der Waals surface area contributed by atoms with Gasteiger partial charge in [0.15, 0.2) is 0 Å². The van der Waals surface area contributed by atoms with Gasteiger partial charge in [-0.15, -0.1) is 0 Å². The highest BCUT2D eigenvalue weighted by Gasteiger charge is 2.22. The van der Waals surface area contributed by atoms with Crippen LogP contribution in [0.3, 0.4) is 0 Å². The second-order valence-corrected chi connectivity index (χ2v) is 5.08. The Morgan fingerprint density at radius 2 is 1.92 bits per heavy atom. The molecule has 0 spiro atoms. The van der Waals surface area contributed by atoms with E-state index in [-0.39, 0.29) is 0 Å². The lowest BCUT2D eigenvalue weighted by Gasteiger charge is -2.11. The van der Waals surface area contributed by atoms with E-state index in [1.165, 1.54) is 6.26 Å². The van der Waals surface area contributed by atoms with E-state index in [4.69, 9.17) is 4.42 Å². The number of halogens is 2. The zero-order valence-electron chi connectivity index (χ0n) is 12.3. The molecule has 3 rings (SSSR count). The van der Waals surface area contributed by atoms with Gasteiger partial charge in [-0.05, 0) is 31.0 Å². The molecule has 1 aromatic carbocycles. The Bertz CT molecular complexity index is 809. The minimum atomic E-state index is -1.25. The average Bonchev–Trinajstić information content (AvgIpc) is 3.01. The molecule has 1 aliphatic rings. The second-order valence-electron chi connectivity index (χ2n) is 5.08. The van der Waals surface area contributed by atoms with Gasteiger partial charge >= 0.3 is 6.09 Å². The first-order valence-electron chi connectivity index (χ1n) is 7.16. The Morgan fingerprint density at radius 1 is 1.17 bits per heavy atom. The topological polar surface area (TPSA) is 80.9 Å². The molecule has 0 saturated carbocycles. The molecule has 1 aliphatic carbocycles. The Morgan fingerprint density at radius 3 is 2.67 bits per heavy atom. The van der Waals surface area contributed by atoms with Gasteiger partial charge in [0, 0.05) is 12.0 Å². The maximum Gasteiger partial charge on any atom is 0.440 e. The summed E-state index contributed by atoms with van der Waals surface area (Å²) in [6, 6.07) is 4.63. The number of oxime groups is 1. The molecule has 8 heteroatoms. The number of benzene rings is 1. The Hall–Kier alpha value is -3.03. The van der Waals surface area contributed by atoms with Gasteiger partial charge in [0.05, 0.1) is 12.0 Å². The van der Waals surface area contributed by atoms with E-state index < -0.39 is 29.2 Å². The van der Waals surface area contributed by atoms with Crippen molar-refractivity contribution in [1.82, 2.24) is 5.32 Å². The van der Waals surface area contributed by atoms with E-state index in [2.05, 4.69) is 9.99 Å². The number of imide groups is 1. The van der Waals surface area contributed by atoms with Crippen LogP contribution < -0.4 is 5.32 Å². The lowest BCUT2D eigenvalue weighted by atomic mass is 9.97. The number of hydrogen-bond acceptors (Lipinski definition) is 5. The Kier molecular flexibility index (Phi) is 4.37. The third-order valence-electron chi connectivity index (χ3n) is 3.52. The van der Waals surface area contributed by atoms with Crippen LogP contribution in [0.5, 0.6) is 0 Å². The number of amides is 2. The van der Waals surface area contributed by atoms with Gasteiger partial charge < -0.3 is 4.42 Å². The summed E-state index contributed by atoms with van der Waals surface area (Å²) in [5, 5.41) is 5.42. The number of nitrogens with one attached hydrogen (secondary N) is 1. The predicted octanol–water partition coefficient (Wildman–Crippen LogP) is 3.16. The standard InChI is InChI=1S/C16H12F2N2O4/c17-10-3-1-4-11(18)14(10)15(21)19-16(22)24-20-12-5-2-6-13-9(12)7-8-23-13/h1,3-4,7-8H,2,5-6H2,(H,19,21,22)/b20-12-. The van der Waals surface area contributed by atoms with Gasteiger partial charge in [0.25, 0.3) is 5.91 Å². The first-order chi connectivity index (χ1) is 11.6. The van der Waals surface area contributed by atoms with Gasteiger partial charge in [-0.1, -0.05) is 11.2 Å². The first kappa shape index (κ1) is 15.9. The van der Waals surface area contributed by atoms with Gasteiger partial charge in [-0.25, -0.2) is 13.6 Å². The smallest absolute Gasteiger partial charge is 0.440 e. The summed E-state index contributed by atoms with van der Waals surface area (Å²) in [6.07, 6.45) is 2.40. The molecule has 0 atom stereocenters. The highest BCUT2D eigenvalue weighted by Crippen LogP contribution is 2.22. The normalized spacial score (nSPS) is 15.0. The third kappa shape index (κ3) is 3.17. The summed E-state index contributed by atoms with van der Waals surface area (Å²) in [7, 11) is 0. The van der Waals surface area contributed by atoms with Crippen LogP contribution in [0.4, 0.5) is 13.6 Å². The van der Waals surface area contributed by atoms with Crippen molar-refractivity contribution in [3.63, 3.8) is 0 Å². The predicted molar refractivity (Wildman–Crippen MR) is 78.5 cm³/mol. The van der Waals surface area contributed by atoms with Crippen molar-refractivity contribution in [2.75, 3.05) is 0 Å². The number of furan rings is 1. The lowest BCUT2D eigenvalue weighted by Crippen LogP contribution is -2.31. The van der Waals surface area contributed by atoms with Crippen molar-refractivity contribution in [1.29, 1.82) is 0 Å². The number of hydrogen-bond donors (Lipinski definition) is 1. The summed E-state index contributed by atoms with van der Waals surface area (Å²) >= 11 is 0. The Labute approximate surface area is 135 Å². The minimum Gasteiger partial charge on any atom is -0.469 e. The molecule has 0 saturated heterocycles. The number of carbonyl (C=O) groups is 2.